The van der Waals surface area contributed by atoms with Gasteiger partial charge in [-0.25, -0.2) is 0 Å². The van der Waals surface area contributed by atoms with Gasteiger partial charge < -0.3 is 5.11 Å². The van der Waals surface area contributed by atoms with Crippen LogP contribution in [0.25, 0.3) is 0 Å². The summed E-state index contributed by atoms with van der Waals surface area (Å²) in [6, 6.07) is 0. The van der Waals surface area contributed by atoms with Crippen LogP contribution in [-0.2, 0) is 0 Å². The quantitative estimate of drug-likeness (QED) is 0.625. The van der Waals surface area contributed by atoms with E-state index in [0.29, 0.717) is 11.2 Å². The minimum Gasteiger partial charge on any atom is -0.512 e. The molecule has 82 valence electrons. The van der Waals surface area contributed by atoms with E-state index in [4.69, 9.17) is 0 Å². The predicted molar refractivity (Wildman–Crippen MR) is 61.7 cm³/mol. The number of aliphatic hydroxyl groups is 1. The standard InChI is InChI=1S/C14H20O/c1-10-4-5-13(15)12-9-14(8-11(10)12)6-2-3-7-14/h15H,2-9H2,1H3. The van der Waals surface area contributed by atoms with Gasteiger partial charge in [0, 0.05) is 6.42 Å². The zero-order valence-corrected chi connectivity index (χ0v) is 9.60. The van der Waals surface area contributed by atoms with Gasteiger partial charge in [-0.15, -0.1) is 0 Å². The van der Waals surface area contributed by atoms with Gasteiger partial charge in [0.15, 0.2) is 0 Å². The smallest absolute Gasteiger partial charge is 0.0960 e. The molecule has 0 bridgehead atoms. The number of hydrogen-bond acceptors (Lipinski definition) is 1. The molecular formula is C14H20O. The van der Waals surface area contributed by atoms with Gasteiger partial charge in [0.1, 0.15) is 0 Å². The highest BCUT2D eigenvalue weighted by molar-refractivity contribution is 5.45. The van der Waals surface area contributed by atoms with Crippen LogP contribution in [0, 0.1) is 5.41 Å². The SMILES string of the molecule is CC1=C2CC3(CCCC3)CC2=C(O)CC1. The molecule has 3 rings (SSSR count). The van der Waals surface area contributed by atoms with E-state index in [1.54, 1.807) is 5.57 Å². The maximum absolute atomic E-state index is 9.99. The highest BCUT2D eigenvalue weighted by atomic mass is 16.3. The van der Waals surface area contributed by atoms with Gasteiger partial charge in [0.05, 0.1) is 5.76 Å². The Hall–Kier alpha value is -0.720. The van der Waals surface area contributed by atoms with Crippen LogP contribution in [-0.4, -0.2) is 5.11 Å². The molecule has 1 nitrogen and oxygen atoms in total. The van der Waals surface area contributed by atoms with Gasteiger partial charge in [-0.2, -0.15) is 0 Å². The van der Waals surface area contributed by atoms with Crippen LogP contribution in [0.5, 0.6) is 0 Å². The van der Waals surface area contributed by atoms with Crippen molar-refractivity contribution in [1.29, 1.82) is 0 Å². The van der Waals surface area contributed by atoms with Crippen LogP contribution < -0.4 is 0 Å². The molecule has 0 atom stereocenters. The third-order valence-electron chi connectivity index (χ3n) is 4.73. The summed E-state index contributed by atoms with van der Waals surface area (Å²) in [6.45, 7) is 2.26. The topological polar surface area (TPSA) is 20.2 Å². The average molecular weight is 204 g/mol. The molecule has 0 heterocycles. The summed E-state index contributed by atoms with van der Waals surface area (Å²) in [5.41, 5.74) is 4.97. The molecule has 2 fully saturated rings. The number of aliphatic hydroxyl groups excluding tert-OH is 1. The first-order valence-electron chi connectivity index (χ1n) is 6.30. The second-order valence-electron chi connectivity index (χ2n) is 5.74. The Morgan fingerprint density at radius 3 is 2.33 bits per heavy atom. The summed E-state index contributed by atoms with van der Waals surface area (Å²) in [6.07, 6.45) is 9.99. The Morgan fingerprint density at radius 1 is 1.00 bits per heavy atom. The molecule has 1 heteroatoms. The fourth-order valence-electron chi connectivity index (χ4n) is 3.80. The molecule has 3 aliphatic rings. The molecule has 1 N–H and O–H groups in total. The summed E-state index contributed by atoms with van der Waals surface area (Å²) < 4.78 is 0. The molecule has 0 aromatic rings. The minimum atomic E-state index is 0.560. The zero-order chi connectivity index (χ0) is 10.5. The summed E-state index contributed by atoms with van der Waals surface area (Å²) >= 11 is 0. The summed E-state index contributed by atoms with van der Waals surface area (Å²) in [7, 11) is 0. The van der Waals surface area contributed by atoms with Gasteiger partial charge in [-0.3, -0.25) is 0 Å². The van der Waals surface area contributed by atoms with Crippen LogP contribution in [0.2, 0.25) is 0 Å². The van der Waals surface area contributed by atoms with Crippen molar-refractivity contribution < 1.29 is 5.11 Å². The van der Waals surface area contributed by atoms with E-state index in [1.807, 2.05) is 0 Å². The normalized spacial score (nSPS) is 29.1. The summed E-state index contributed by atoms with van der Waals surface area (Å²) in [5, 5.41) is 9.99. The number of fused-ring (bicyclic) bond motifs is 1. The molecule has 0 amide bonds. The Kier molecular flexibility index (Phi) is 1.99. The van der Waals surface area contributed by atoms with Gasteiger partial charge in [0.2, 0.25) is 0 Å². The fourth-order valence-corrected chi connectivity index (χ4v) is 3.80. The second kappa shape index (κ2) is 3.13. The number of hydrogen-bond donors (Lipinski definition) is 1. The third kappa shape index (κ3) is 1.36. The molecule has 0 radical (unpaired) electrons. The maximum atomic E-state index is 9.99. The highest BCUT2D eigenvalue weighted by Crippen LogP contribution is 2.57. The lowest BCUT2D eigenvalue weighted by Crippen LogP contribution is -2.09. The van der Waals surface area contributed by atoms with E-state index < -0.39 is 0 Å². The van der Waals surface area contributed by atoms with Crippen LogP contribution in [0.15, 0.2) is 22.5 Å². The van der Waals surface area contributed by atoms with Gasteiger partial charge in [-0.05, 0) is 55.6 Å². The average Bonchev–Trinajstić information content (AvgIpc) is 2.82. The summed E-state index contributed by atoms with van der Waals surface area (Å²) in [4.78, 5) is 0. The van der Waals surface area contributed by atoms with Gasteiger partial charge >= 0.3 is 0 Å². The lowest BCUT2D eigenvalue weighted by atomic mass is 9.84. The molecular weight excluding hydrogens is 184 g/mol. The minimum absolute atomic E-state index is 0.560. The Labute approximate surface area is 91.9 Å². The molecule has 0 unspecified atom stereocenters. The van der Waals surface area contributed by atoms with Crippen molar-refractivity contribution in [1.82, 2.24) is 0 Å². The van der Waals surface area contributed by atoms with E-state index in [1.165, 1.54) is 49.7 Å². The number of rotatable bonds is 0. The largest absolute Gasteiger partial charge is 0.512 e. The molecule has 3 aliphatic carbocycles. The van der Waals surface area contributed by atoms with Crippen LogP contribution >= 0.6 is 0 Å². The number of allylic oxidation sites excluding steroid dienone is 4. The van der Waals surface area contributed by atoms with Crippen molar-refractivity contribution in [3.05, 3.63) is 22.5 Å². The molecule has 2 saturated carbocycles. The third-order valence-corrected chi connectivity index (χ3v) is 4.73. The Bertz CT molecular complexity index is 324. The molecule has 1 spiro atoms. The van der Waals surface area contributed by atoms with Crippen LogP contribution in [0.1, 0.15) is 58.3 Å². The van der Waals surface area contributed by atoms with E-state index in [2.05, 4.69) is 6.92 Å². The fraction of sp³-hybridized carbons (Fsp3) is 0.714. The predicted octanol–water partition coefficient (Wildman–Crippen LogP) is 4.26. The first kappa shape index (κ1) is 9.50. The molecule has 0 aromatic carbocycles. The first-order chi connectivity index (χ1) is 7.20. The van der Waals surface area contributed by atoms with Gasteiger partial charge in [0.25, 0.3) is 0 Å². The molecule has 0 aromatic heterocycles. The van der Waals surface area contributed by atoms with E-state index in [0.717, 1.165) is 12.8 Å². The Morgan fingerprint density at radius 2 is 1.67 bits per heavy atom. The van der Waals surface area contributed by atoms with E-state index in [-0.39, 0.29) is 0 Å². The van der Waals surface area contributed by atoms with E-state index in [9.17, 15) is 5.11 Å². The lowest BCUT2D eigenvalue weighted by molar-refractivity contribution is 0.320. The molecule has 0 aliphatic heterocycles. The maximum Gasteiger partial charge on any atom is 0.0960 e. The van der Waals surface area contributed by atoms with Crippen LogP contribution in [0.4, 0.5) is 0 Å². The monoisotopic (exact) mass is 204 g/mol. The molecule has 0 saturated heterocycles. The van der Waals surface area contributed by atoms with Crippen molar-refractivity contribution in [3.63, 3.8) is 0 Å². The van der Waals surface area contributed by atoms with Crippen molar-refractivity contribution in [2.45, 2.75) is 58.3 Å². The van der Waals surface area contributed by atoms with Crippen molar-refractivity contribution in [2.24, 2.45) is 5.41 Å². The van der Waals surface area contributed by atoms with E-state index >= 15 is 0 Å². The van der Waals surface area contributed by atoms with Crippen molar-refractivity contribution >= 4 is 0 Å². The lowest BCUT2D eigenvalue weighted by Gasteiger charge is -2.20. The van der Waals surface area contributed by atoms with Crippen molar-refractivity contribution in [3.8, 4) is 0 Å². The van der Waals surface area contributed by atoms with Crippen LogP contribution in [0.3, 0.4) is 0 Å². The van der Waals surface area contributed by atoms with Crippen molar-refractivity contribution in [2.75, 3.05) is 0 Å². The first-order valence-corrected chi connectivity index (χ1v) is 6.30. The highest BCUT2D eigenvalue weighted by Gasteiger charge is 2.43. The Balaban J connectivity index is 2.00. The molecule has 15 heavy (non-hydrogen) atoms. The summed E-state index contributed by atoms with van der Waals surface area (Å²) in [5.74, 6) is 0.708. The zero-order valence-electron chi connectivity index (χ0n) is 9.60. The van der Waals surface area contributed by atoms with Gasteiger partial charge in [-0.1, -0.05) is 18.4 Å². The second-order valence-corrected chi connectivity index (χ2v) is 5.74.